The van der Waals surface area contributed by atoms with E-state index in [-0.39, 0.29) is 43.0 Å². The van der Waals surface area contributed by atoms with Crippen LogP contribution >= 0.6 is 34.5 Å². The number of phenolic OH excluding ortho intramolecular Hbond substituents is 3. The number of hydrogen-bond acceptors (Lipinski definition) is 31. The molecule has 670 valence electrons. The number of nitrogens with one attached hydrogen (secondary N) is 8. The van der Waals surface area contributed by atoms with E-state index >= 15 is 24.0 Å². The minimum absolute atomic E-state index is 0.133. The van der Waals surface area contributed by atoms with E-state index in [1.165, 1.54) is 56.5 Å². The number of carboxylic acids is 1. The van der Waals surface area contributed by atoms with Crippen LogP contribution in [0.2, 0.25) is 10.0 Å². The van der Waals surface area contributed by atoms with Gasteiger partial charge in [0.2, 0.25) is 53.4 Å². The standard InChI is InChI=1S/C83H93Cl2FN10O28S/c1-31(2)18-45(89-5)74(109)95-62-64(102)35-9-15-49(43(84)20-35)118-51-22-37-23-52(71(51)123-82-69(107)67(105)72(54(30-97)121-82)124-81-68(106)66(104)65(103)53(120-81)29-90-28-40-13-17-55(125-40)33-6-11-38(86)12-7-33)119-50-16-10-36(21-44(50)85)70(122-57-27-83(4,88)73(108)32(3)117-57)63-79(114)94-61(80(115)116)42-24-39(98)25-48(100)58(42)41-19-34(8-14-47(41)99)59(76(111)96-63)93-77(112)60(37)92-75(110)46(26-56(87)101)91-78(62)113/h6-17,19-25,31-32,45-46,53-54,57,59-70,72-73,81-82,89-90,97-100,102-108H,18,26-30,88H2,1-5H3,(H2,87,101)(H,91,113)(H,92,110)(H,93,112)(H,94,114)(H,95,109)(H,96,111)(H,115,116)/t32-,45+,46?,53+,54+,57?,59?,60+,61?,62?,63-,64+,65-,66-,67+,68+,69+,70+,72+,73-,81-,82-,83-/m0/s1. The molecule has 9 heterocycles. The van der Waals surface area contributed by atoms with Crippen LogP contribution in [0.4, 0.5) is 4.39 Å². The number of benzene rings is 6. The van der Waals surface area contributed by atoms with E-state index in [0.29, 0.717) is 0 Å². The molecule has 8 aliphatic rings. The number of aliphatic hydroxyl groups excluding tert-OH is 8. The molecule has 11 bridgehead atoms. The van der Waals surface area contributed by atoms with E-state index in [2.05, 4.69) is 42.5 Å². The molecule has 38 nitrogen and oxygen atoms in total. The van der Waals surface area contributed by atoms with Gasteiger partial charge >= 0.3 is 5.97 Å². The van der Waals surface area contributed by atoms with Crippen LogP contribution in [0.1, 0.15) is 110 Å². The number of carbonyl (C=O) groups is 8. The number of fused-ring (bicyclic) bond motifs is 15. The topological polar surface area (TPSA) is 601 Å². The third kappa shape index (κ3) is 20.2. The van der Waals surface area contributed by atoms with Crippen molar-refractivity contribution in [2.75, 3.05) is 20.2 Å². The minimum atomic E-state index is -2.43. The zero-order chi connectivity index (χ0) is 90.2. The van der Waals surface area contributed by atoms with Crippen LogP contribution in [0.3, 0.4) is 0 Å². The van der Waals surface area contributed by atoms with Crippen molar-refractivity contribution in [3.8, 4) is 67.6 Å². The van der Waals surface area contributed by atoms with Crippen LogP contribution in [-0.4, -0.2) is 238 Å². The number of halogens is 3. The predicted molar refractivity (Wildman–Crippen MR) is 436 cm³/mol. The first-order valence-corrected chi connectivity index (χ1v) is 41.0. The molecule has 23 atom stereocenters. The van der Waals surface area contributed by atoms with Crippen LogP contribution < -0.4 is 68.2 Å². The van der Waals surface area contributed by atoms with Gasteiger partial charge in [0.05, 0.1) is 41.3 Å². The Morgan fingerprint density at radius 1 is 0.672 bits per heavy atom. The highest BCUT2D eigenvalue weighted by Crippen LogP contribution is 2.51. The highest BCUT2D eigenvalue weighted by atomic mass is 35.5. The molecule has 3 fully saturated rings. The van der Waals surface area contributed by atoms with E-state index in [1.807, 2.05) is 12.1 Å². The molecule has 3 saturated heterocycles. The van der Waals surface area contributed by atoms with Gasteiger partial charge in [0.25, 0.3) is 0 Å². The van der Waals surface area contributed by atoms with Gasteiger partial charge in [-0.05, 0) is 140 Å². The summed E-state index contributed by atoms with van der Waals surface area (Å²) in [5.41, 5.74) is 8.71. The first-order chi connectivity index (χ1) is 59.3. The fourth-order valence-electron chi connectivity index (χ4n) is 15.6. The quantitative estimate of drug-likeness (QED) is 0.0515. The monoisotopic (exact) mass is 1800 g/mol. The molecule has 0 radical (unpaired) electrons. The average molecular weight is 1800 g/mol. The molecule has 5 unspecified atom stereocenters. The van der Waals surface area contributed by atoms with Gasteiger partial charge < -0.3 is 153 Å². The molecule has 125 heavy (non-hydrogen) atoms. The van der Waals surface area contributed by atoms with Crippen molar-refractivity contribution < 1.29 is 142 Å². The molecule has 0 saturated carbocycles. The second-order valence-corrected chi connectivity index (χ2v) is 33.7. The zero-order valence-electron chi connectivity index (χ0n) is 67.1. The molecular weight excluding hydrogens is 1710 g/mol. The lowest BCUT2D eigenvalue weighted by atomic mass is 9.86. The van der Waals surface area contributed by atoms with Crippen LogP contribution in [0, 0.1) is 11.7 Å². The maximum absolute atomic E-state index is 16.4. The van der Waals surface area contributed by atoms with Crippen molar-refractivity contribution in [3.05, 3.63) is 164 Å². The molecule has 0 spiro atoms. The fraction of sp³-hybridized carbons (Fsp3) is 0.422. The smallest absolute Gasteiger partial charge is 0.330 e. The number of hydrogen-bond donors (Lipinski definition) is 22. The van der Waals surface area contributed by atoms with Crippen LogP contribution in [0.5, 0.6) is 46.0 Å². The molecule has 7 amide bonds. The molecule has 8 aliphatic heterocycles. The Kier molecular flexibility index (Phi) is 28.3. The minimum Gasteiger partial charge on any atom is -0.508 e. The molecule has 24 N–H and O–H groups in total. The van der Waals surface area contributed by atoms with Gasteiger partial charge in [0.15, 0.2) is 30.1 Å². The van der Waals surface area contributed by atoms with E-state index in [4.69, 9.17) is 72.6 Å². The van der Waals surface area contributed by atoms with Crippen molar-refractivity contribution >= 4 is 81.9 Å². The third-order valence-corrected chi connectivity index (χ3v) is 23.9. The van der Waals surface area contributed by atoms with E-state index in [1.54, 1.807) is 26.0 Å². The summed E-state index contributed by atoms with van der Waals surface area (Å²) in [5.74, 6) is -17.2. The summed E-state index contributed by atoms with van der Waals surface area (Å²) in [7, 11) is 1.46. The summed E-state index contributed by atoms with van der Waals surface area (Å²) in [6, 6.07) is 8.41. The first-order valence-electron chi connectivity index (χ1n) is 39.5. The number of carbonyl (C=O) groups excluding carboxylic acids is 7. The van der Waals surface area contributed by atoms with Crippen molar-refractivity contribution in [2.45, 2.75) is 193 Å². The Bertz CT molecular complexity index is 5230. The van der Waals surface area contributed by atoms with Gasteiger partial charge in [-0.15, -0.1) is 11.3 Å². The van der Waals surface area contributed by atoms with Crippen molar-refractivity contribution in [3.63, 3.8) is 0 Å². The number of phenols is 3. The maximum Gasteiger partial charge on any atom is 0.330 e. The van der Waals surface area contributed by atoms with Crippen molar-refractivity contribution in [1.82, 2.24) is 42.5 Å². The lowest BCUT2D eigenvalue weighted by molar-refractivity contribution is -0.350. The van der Waals surface area contributed by atoms with Crippen LogP contribution in [0.25, 0.3) is 21.6 Å². The number of likely N-dealkylation sites (N-methyl/N-ethyl adjacent to an activating group) is 1. The lowest BCUT2D eigenvalue weighted by Gasteiger charge is -2.46. The molecule has 42 heteroatoms. The predicted octanol–water partition coefficient (Wildman–Crippen LogP) is 1.60. The number of primary amides is 1. The van der Waals surface area contributed by atoms with Crippen molar-refractivity contribution in [2.24, 2.45) is 17.4 Å². The number of thiophene rings is 1. The fourth-order valence-corrected chi connectivity index (χ4v) is 17.0. The Labute approximate surface area is 725 Å². The van der Waals surface area contributed by atoms with Gasteiger partial charge in [-0.1, -0.05) is 67.4 Å². The number of carboxylic acid groups (broad SMARTS) is 1. The second kappa shape index (κ2) is 38.3. The van der Waals surface area contributed by atoms with E-state index in [0.717, 1.165) is 82.0 Å². The molecule has 0 aliphatic carbocycles. The number of amides is 7. The van der Waals surface area contributed by atoms with E-state index < -0.39 is 290 Å². The Morgan fingerprint density at radius 3 is 1.94 bits per heavy atom. The summed E-state index contributed by atoms with van der Waals surface area (Å²) in [5, 5.41) is 159. The summed E-state index contributed by atoms with van der Waals surface area (Å²) in [6.07, 6.45) is -29.3. The summed E-state index contributed by atoms with van der Waals surface area (Å²) < 4.78 is 64.9. The Balaban J connectivity index is 0.967. The SMILES string of the molecule is CN[C@H](CC(C)C)C(=O)NC1C(=O)NC(CC(N)=O)C(=O)N[C@H]2C(=O)NC3C(=O)N[C@H](C(=O)NC(C(=O)O)c4cc(O)cc(O)c4-c4cc3ccc4O)[C@H](OC3C[C@](C)(N)[C@@H](O)[C@H](C)O3)c3ccc(c(Cl)c3)Oc3cc2cc(c3O[C@@H]2O[C@H](CO)[C@@H](O[C@@H]3O[C@H](CNCc4ccc(-c5ccc(F)cc5)s4)[C@H](O)[C@H](O)[C@H]3O)[C@H](O)[C@H]2O)Oc2ccc(cc2Cl)[C@H]1O. The number of aliphatic hydroxyl groups is 8. The van der Waals surface area contributed by atoms with Gasteiger partial charge in [-0.2, -0.15) is 0 Å². The average Bonchev–Trinajstić information content (AvgIpc) is 1.12. The summed E-state index contributed by atoms with van der Waals surface area (Å²) in [4.78, 5) is 122. The van der Waals surface area contributed by atoms with Crippen molar-refractivity contribution in [1.29, 1.82) is 0 Å². The normalized spacial score (nSPS) is 29.8. The first kappa shape index (κ1) is 92.1. The van der Waals surface area contributed by atoms with Gasteiger partial charge in [-0.25, -0.2) is 9.18 Å². The number of aromatic hydroxyl groups is 3. The lowest BCUT2D eigenvalue weighted by Crippen LogP contribution is -2.65. The number of ether oxygens (including phenoxy) is 8. The highest BCUT2D eigenvalue weighted by Gasteiger charge is 2.53. The van der Waals surface area contributed by atoms with Gasteiger partial charge in [-0.3, -0.25) is 33.6 Å². The molecule has 7 aromatic rings. The molecule has 15 rings (SSSR count). The number of nitrogens with two attached hydrogens (primary N) is 2. The van der Waals surface area contributed by atoms with E-state index in [9.17, 15) is 80.1 Å². The zero-order valence-corrected chi connectivity index (χ0v) is 69.4. The van der Waals surface area contributed by atoms with Gasteiger partial charge in [0.1, 0.15) is 126 Å². The largest absolute Gasteiger partial charge is 0.508 e. The van der Waals surface area contributed by atoms with Gasteiger partial charge in [0, 0.05) is 57.6 Å². The Hall–Kier alpha value is -10.6. The Morgan fingerprint density at radius 2 is 1.30 bits per heavy atom. The summed E-state index contributed by atoms with van der Waals surface area (Å²) >= 11 is 15.9. The molecule has 1 aromatic heterocycles. The molecule has 6 aromatic carbocycles. The molecular formula is C83H93Cl2FN10O28S. The summed E-state index contributed by atoms with van der Waals surface area (Å²) in [6.45, 7) is 5.39. The number of rotatable bonds is 20. The maximum atomic E-state index is 16.4. The third-order valence-electron chi connectivity index (χ3n) is 22.1. The second-order valence-electron chi connectivity index (χ2n) is 31.7. The van der Waals surface area contributed by atoms with Crippen LogP contribution in [-0.2, 0) is 68.6 Å². The number of aliphatic carboxylic acids is 1. The van der Waals surface area contributed by atoms with Crippen LogP contribution in [0.15, 0.2) is 115 Å². The highest BCUT2D eigenvalue weighted by molar-refractivity contribution is 7.15.